The van der Waals surface area contributed by atoms with Gasteiger partial charge in [-0.15, -0.1) is 0 Å². The number of benzene rings is 1. The van der Waals surface area contributed by atoms with Crippen LogP contribution >= 0.6 is 0 Å². The molecular formula is C21H21N3O10. The average Bonchev–Trinajstić information content (AvgIpc) is 3.12. The number of fused-ring (bicyclic) bond motifs is 2. The molecule has 1 fully saturated rings. The Bertz CT molecular complexity index is 1160. The number of carbonyl (C=O) groups is 3. The number of esters is 2. The molecule has 0 bridgehead atoms. The van der Waals surface area contributed by atoms with Crippen LogP contribution in [0.4, 0.5) is 10.6 Å². The zero-order valence-electron chi connectivity index (χ0n) is 18.1. The van der Waals surface area contributed by atoms with E-state index in [1.54, 1.807) is 26.0 Å². The Labute approximate surface area is 192 Å². The van der Waals surface area contributed by atoms with Crippen LogP contribution in [-0.4, -0.2) is 63.8 Å². The standard InChI is InChI=1S/C21H21N3O10/c1-10(2)30-21(29)34-23-14-7-8-24(20(28)22-14)17-16-15(13(9-25)31-17)32-18(26)11-5-3-4-6-12(11)19(27)33-16/h3-8,10,13,15-17,25H,9H2,1-2H3,(H,22,23,28)/t13-,15-,16-,17-/m1/s1. The Balaban J connectivity index is 1.59. The van der Waals surface area contributed by atoms with Crippen molar-refractivity contribution < 1.29 is 43.3 Å². The summed E-state index contributed by atoms with van der Waals surface area (Å²) in [7, 11) is 0. The van der Waals surface area contributed by atoms with Gasteiger partial charge in [-0.2, -0.15) is 10.5 Å². The molecule has 3 heterocycles. The molecule has 2 aliphatic rings. The summed E-state index contributed by atoms with van der Waals surface area (Å²) >= 11 is 0. The highest BCUT2D eigenvalue weighted by Gasteiger charge is 2.52. The van der Waals surface area contributed by atoms with Crippen LogP contribution in [0.25, 0.3) is 0 Å². The predicted octanol–water partition coefficient (Wildman–Crippen LogP) is 0.786. The molecule has 0 saturated carbocycles. The predicted molar refractivity (Wildman–Crippen MR) is 111 cm³/mol. The van der Waals surface area contributed by atoms with Gasteiger partial charge < -0.3 is 28.9 Å². The summed E-state index contributed by atoms with van der Waals surface area (Å²) in [5.74, 6) is -1.71. The van der Waals surface area contributed by atoms with Gasteiger partial charge in [-0.1, -0.05) is 12.1 Å². The third-order valence-corrected chi connectivity index (χ3v) is 4.99. The third-order valence-electron chi connectivity index (χ3n) is 4.99. The molecule has 0 radical (unpaired) electrons. The first-order chi connectivity index (χ1) is 16.3. The number of aliphatic hydroxyl groups excluding tert-OH is 1. The molecule has 0 spiro atoms. The Kier molecular flexibility index (Phi) is 6.47. The number of nitrogens with one attached hydrogen (secondary N) is 1. The molecule has 2 aromatic rings. The maximum atomic E-state index is 12.8. The first-order valence-corrected chi connectivity index (χ1v) is 10.3. The summed E-state index contributed by atoms with van der Waals surface area (Å²) in [5.41, 5.74) is 1.33. The lowest BCUT2D eigenvalue weighted by molar-refractivity contribution is -0.0602. The van der Waals surface area contributed by atoms with Crippen molar-refractivity contribution in [2.24, 2.45) is 0 Å². The molecule has 2 aliphatic heterocycles. The van der Waals surface area contributed by atoms with E-state index in [0.717, 1.165) is 4.57 Å². The molecule has 1 aromatic carbocycles. The van der Waals surface area contributed by atoms with E-state index in [1.165, 1.54) is 24.4 Å². The van der Waals surface area contributed by atoms with Gasteiger partial charge in [-0.25, -0.2) is 19.2 Å². The fourth-order valence-electron chi connectivity index (χ4n) is 3.53. The summed E-state index contributed by atoms with van der Waals surface area (Å²) < 4.78 is 22.5. The molecule has 180 valence electrons. The second-order valence-corrected chi connectivity index (χ2v) is 7.66. The van der Waals surface area contributed by atoms with Crippen LogP contribution in [0.15, 0.2) is 41.3 Å². The highest BCUT2D eigenvalue weighted by Crippen LogP contribution is 2.35. The number of hydrogen-bond donors (Lipinski definition) is 2. The van der Waals surface area contributed by atoms with Crippen molar-refractivity contribution in [2.45, 2.75) is 44.5 Å². The van der Waals surface area contributed by atoms with Gasteiger partial charge in [0.15, 0.2) is 24.3 Å². The third kappa shape index (κ3) is 4.56. The fourth-order valence-corrected chi connectivity index (χ4v) is 3.53. The highest BCUT2D eigenvalue weighted by molar-refractivity contribution is 6.03. The van der Waals surface area contributed by atoms with Gasteiger partial charge in [0.25, 0.3) is 0 Å². The lowest BCUT2D eigenvalue weighted by Crippen LogP contribution is -2.43. The Morgan fingerprint density at radius 3 is 2.35 bits per heavy atom. The smallest absolute Gasteiger partial charge is 0.452 e. The van der Waals surface area contributed by atoms with E-state index in [4.69, 9.17) is 18.9 Å². The van der Waals surface area contributed by atoms with Crippen LogP contribution in [0.3, 0.4) is 0 Å². The quantitative estimate of drug-likeness (QED) is 0.355. The monoisotopic (exact) mass is 475 g/mol. The lowest BCUT2D eigenvalue weighted by atomic mass is 10.0. The molecule has 13 nitrogen and oxygen atoms in total. The lowest BCUT2D eigenvalue weighted by Gasteiger charge is -2.27. The molecular weight excluding hydrogens is 454 g/mol. The van der Waals surface area contributed by atoms with Crippen molar-refractivity contribution in [3.8, 4) is 0 Å². The first-order valence-electron chi connectivity index (χ1n) is 10.3. The minimum Gasteiger partial charge on any atom is -0.452 e. The molecule has 1 aromatic heterocycles. The zero-order valence-corrected chi connectivity index (χ0v) is 18.1. The second-order valence-electron chi connectivity index (χ2n) is 7.66. The Hall–Kier alpha value is -3.97. The molecule has 1 saturated heterocycles. The number of carbonyl (C=O) groups excluding carboxylic acids is 3. The van der Waals surface area contributed by atoms with Crippen molar-refractivity contribution in [2.75, 3.05) is 12.1 Å². The van der Waals surface area contributed by atoms with Crippen LogP contribution in [0.5, 0.6) is 0 Å². The topological polar surface area (TPSA) is 165 Å². The van der Waals surface area contributed by atoms with Crippen LogP contribution in [0, 0.1) is 0 Å². The molecule has 2 N–H and O–H groups in total. The van der Waals surface area contributed by atoms with Gasteiger partial charge in [0.2, 0.25) is 0 Å². The summed E-state index contributed by atoms with van der Waals surface area (Å²) in [6.45, 7) is 2.69. The molecule has 0 amide bonds. The first kappa shape index (κ1) is 23.2. The van der Waals surface area contributed by atoms with E-state index in [0.29, 0.717) is 0 Å². The number of rotatable bonds is 5. The highest BCUT2D eigenvalue weighted by atomic mass is 16.8. The van der Waals surface area contributed by atoms with E-state index in [2.05, 4.69) is 15.3 Å². The van der Waals surface area contributed by atoms with Gasteiger partial charge in [-0.05, 0) is 26.0 Å². The van der Waals surface area contributed by atoms with Gasteiger partial charge in [0.05, 0.1) is 23.8 Å². The van der Waals surface area contributed by atoms with E-state index >= 15 is 0 Å². The van der Waals surface area contributed by atoms with Crippen LogP contribution in [-0.2, 0) is 23.8 Å². The van der Waals surface area contributed by atoms with E-state index < -0.39 is 61.0 Å². The number of ether oxygens (including phenoxy) is 4. The van der Waals surface area contributed by atoms with Gasteiger partial charge >= 0.3 is 23.8 Å². The molecule has 0 unspecified atom stereocenters. The number of aliphatic hydroxyl groups is 1. The van der Waals surface area contributed by atoms with Crippen LogP contribution in [0.2, 0.25) is 0 Å². The zero-order chi connectivity index (χ0) is 24.4. The number of nitrogens with zero attached hydrogens (tertiary/aromatic N) is 2. The number of hydrogen-bond acceptors (Lipinski definition) is 12. The van der Waals surface area contributed by atoms with Crippen LogP contribution < -0.4 is 11.2 Å². The molecule has 4 atom stereocenters. The van der Waals surface area contributed by atoms with Crippen molar-refractivity contribution in [3.05, 3.63) is 58.1 Å². The minimum absolute atomic E-state index is 0.00685. The number of aromatic nitrogens is 2. The normalized spacial score (nSPS) is 23.6. The van der Waals surface area contributed by atoms with Crippen LogP contribution in [0.1, 0.15) is 40.8 Å². The molecule has 13 heteroatoms. The second kappa shape index (κ2) is 9.49. The molecule has 4 rings (SSSR count). The van der Waals surface area contributed by atoms with Crippen molar-refractivity contribution in [3.63, 3.8) is 0 Å². The maximum absolute atomic E-state index is 12.8. The molecule has 0 aliphatic carbocycles. The summed E-state index contributed by atoms with van der Waals surface area (Å²) in [5, 5.41) is 9.75. The van der Waals surface area contributed by atoms with Crippen molar-refractivity contribution in [1.29, 1.82) is 0 Å². The summed E-state index contributed by atoms with van der Waals surface area (Å²) in [4.78, 5) is 57.9. The SMILES string of the molecule is CC(C)OC(=O)ONc1ccn([C@@H]2O[C@H](CO)[C@H]3OC(=O)c4ccccc4C(=O)O[C@H]32)c(=O)n1. The fraction of sp³-hybridized carbons (Fsp3) is 0.381. The van der Waals surface area contributed by atoms with Gasteiger partial charge in [0.1, 0.15) is 6.10 Å². The Morgan fingerprint density at radius 1 is 1.12 bits per heavy atom. The minimum atomic E-state index is -1.26. The van der Waals surface area contributed by atoms with Crippen molar-refractivity contribution in [1.82, 2.24) is 9.55 Å². The van der Waals surface area contributed by atoms with Gasteiger partial charge in [0, 0.05) is 12.3 Å². The summed E-state index contributed by atoms with van der Waals surface area (Å²) in [6, 6.07) is 7.24. The average molecular weight is 475 g/mol. The van der Waals surface area contributed by atoms with Crippen molar-refractivity contribution >= 4 is 23.9 Å². The maximum Gasteiger partial charge on any atom is 0.533 e. The van der Waals surface area contributed by atoms with E-state index in [1.807, 2.05) is 0 Å². The summed E-state index contributed by atoms with van der Waals surface area (Å²) in [6.07, 6.45) is -4.94. The van der Waals surface area contributed by atoms with E-state index in [9.17, 15) is 24.3 Å². The molecule has 34 heavy (non-hydrogen) atoms. The Morgan fingerprint density at radius 2 is 1.76 bits per heavy atom. The number of anilines is 1. The van der Waals surface area contributed by atoms with Gasteiger partial charge in [-0.3, -0.25) is 4.57 Å². The largest absolute Gasteiger partial charge is 0.533 e. The van der Waals surface area contributed by atoms with E-state index in [-0.39, 0.29) is 16.9 Å².